The molecule has 31 heavy (non-hydrogen) atoms. The molecule has 0 saturated heterocycles. The lowest BCUT2D eigenvalue weighted by Gasteiger charge is -2.13. The van der Waals surface area contributed by atoms with Gasteiger partial charge in [-0.3, -0.25) is 24.0 Å². The molecule has 3 aromatic rings. The van der Waals surface area contributed by atoms with Gasteiger partial charge in [-0.15, -0.1) is 0 Å². The number of methoxy groups -OCH3 is 1. The summed E-state index contributed by atoms with van der Waals surface area (Å²) in [6, 6.07) is 9.46. The van der Waals surface area contributed by atoms with Crippen LogP contribution in [0.25, 0.3) is 17.8 Å². The van der Waals surface area contributed by atoms with Gasteiger partial charge in [0.15, 0.2) is 0 Å². The summed E-state index contributed by atoms with van der Waals surface area (Å²) in [6.07, 6.45) is 6.92. The number of nitro groups is 1. The molecule has 0 saturated carbocycles. The third-order valence-electron chi connectivity index (χ3n) is 4.65. The van der Waals surface area contributed by atoms with Crippen LogP contribution in [0.15, 0.2) is 52.3 Å². The van der Waals surface area contributed by atoms with E-state index in [1.165, 1.54) is 17.8 Å². The molecule has 1 aromatic carbocycles. The Morgan fingerprint density at radius 3 is 2.52 bits per heavy atom. The Labute approximate surface area is 177 Å². The van der Waals surface area contributed by atoms with Gasteiger partial charge in [-0.25, -0.2) is 9.48 Å². The Bertz CT molecular complexity index is 1210. The van der Waals surface area contributed by atoms with Crippen molar-refractivity contribution in [3.63, 3.8) is 0 Å². The summed E-state index contributed by atoms with van der Waals surface area (Å²) >= 11 is 0. The second-order valence-electron chi connectivity index (χ2n) is 6.76. The molecular formula is C21H23N5O5. The van der Waals surface area contributed by atoms with Gasteiger partial charge in [0.2, 0.25) is 0 Å². The molecular weight excluding hydrogens is 402 g/mol. The fourth-order valence-electron chi connectivity index (χ4n) is 3.18. The van der Waals surface area contributed by atoms with Crippen molar-refractivity contribution in [2.24, 2.45) is 0 Å². The normalized spacial score (nSPS) is 11.3. The van der Waals surface area contributed by atoms with Crippen molar-refractivity contribution in [2.45, 2.75) is 26.4 Å². The Morgan fingerprint density at radius 2 is 1.87 bits per heavy atom. The van der Waals surface area contributed by atoms with Crippen LogP contribution < -0.4 is 11.2 Å². The van der Waals surface area contributed by atoms with E-state index in [0.29, 0.717) is 12.0 Å². The lowest BCUT2D eigenvalue weighted by molar-refractivity contribution is -0.387. The van der Waals surface area contributed by atoms with E-state index in [1.54, 1.807) is 23.2 Å². The van der Waals surface area contributed by atoms with Crippen LogP contribution in [0.2, 0.25) is 0 Å². The molecule has 0 fully saturated rings. The van der Waals surface area contributed by atoms with Crippen LogP contribution in [0.1, 0.15) is 24.6 Å². The highest BCUT2D eigenvalue weighted by molar-refractivity contribution is 5.71. The van der Waals surface area contributed by atoms with Gasteiger partial charge in [0.25, 0.3) is 0 Å². The number of hydrogen-bond acceptors (Lipinski definition) is 6. The Balaban J connectivity index is 2.09. The van der Waals surface area contributed by atoms with Crippen molar-refractivity contribution in [1.82, 2.24) is 18.9 Å². The van der Waals surface area contributed by atoms with Crippen LogP contribution >= 0.6 is 0 Å². The summed E-state index contributed by atoms with van der Waals surface area (Å²) in [5.41, 5.74) is -0.707. The molecule has 0 amide bonds. The Hall–Kier alpha value is -3.79. The van der Waals surface area contributed by atoms with Crippen molar-refractivity contribution in [1.29, 1.82) is 0 Å². The lowest BCUT2D eigenvalue weighted by atomic mass is 10.2. The average Bonchev–Trinajstić information content (AvgIpc) is 3.24. The number of rotatable bonds is 9. The predicted molar refractivity (Wildman–Crippen MR) is 116 cm³/mol. The highest BCUT2D eigenvalue weighted by atomic mass is 16.6. The van der Waals surface area contributed by atoms with E-state index in [2.05, 4.69) is 5.10 Å². The number of hydrogen-bond donors (Lipinski definition) is 0. The molecule has 10 heteroatoms. The number of nitrogens with zero attached hydrogens (tertiary/aromatic N) is 5. The molecule has 0 spiro atoms. The maximum Gasteiger partial charge on any atom is 0.357 e. The zero-order valence-electron chi connectivity index (χ0n) is 17.3. The average molecular weight is 425 g/mol. The summed E-state index contributed by atoms with van der Waals surface area (Å²) in [7, 11) is 1.43. The van der Waals surface area contributed by atoms with Crippen molar-refractivity contribution in [3.05, 3.63) is 84.9 Å². The summed E-state index contributed by atoms with van der Waals surface area (Å²) in [5, 5.41) is 16.0. The first-order valence-electron chi connectivity index (χ1n) is 9.77. The molecule has 162 valence electrons. The molecule has 3 rings (SSSR count). The second-order valence-corrected chi connectivity index (χ2v) is 6.76. The standard InChI is InChI=1S/C21H23N5O5/c1-3-11-23-18(19(26(29)30)20(27)24(21(23)28)12-13-31-2)10-9-16-14-22-25(15-16)17-7-5-4-6-8-17/h4-10,14-15H,3,11-13H2,1-2H3. The largest absolute Gasteiger partial charge is 0.383 e. The minimum Gasteiger partial charge on any atom is -0.383 e. The highest BCUT2D eigenvalue weighted by Crippen LogP contribution is 2.17. The van der Waals surface area contributed by atoms with E-state index in [1.807, 2.05) is 37.3 Å². The van der Waals surface area contributed by atoms with Crippen LogP contribution in [0.5, 0.6) is 0 Å². The number of para-hydroxylation sites is 1. The van der Waals surface area contributed by atoms with Gasteiger partial charge >= 0.3 is 16.9 Å². The van der Waals surface area contributed by atoms with Gasteiger partial charge in [0.05, 0.1) is 30.0 Å². The van der Waals surface area contributed by atoms with Gasteiger partial charge in [-0.05, 0) is 30.7 Å². The van der Waals surface area contributed by atoms with Crippen molar-refractivity contribution >= 4 is 17.8 Å². The first-order chi connectivity index (χ1) is 15.0. The van der Waals surface area contributed by atoms with Crippen LogP contribution in [0.4, 0.5) is 5.69 Å². The van der Waals surface area contributed by atoms with Gasteiger partial charge in [-0.1, -0.05) is 25.1 Å². The third-order valence-corrected chi connectivity index (χ3v) is 4.65. The van der Waals surface area contributed by atoms with E-state index in [0.717, 1.165) is 10.3 Å². The van der Waals surface area contributed by atoms with E-state index >= 15 is 0 Å². The first-order valence-corrected chi connectivity index (χ1v) is 9.77. The molecule has 0 aliphatic heterocycles. The van der Waals surface area contributed by atoms with Crippen LogP contribution in [0.3, 0.4) is 0 Å². The quantitative estimate of drug-likeness (QED) is 0.384. The van der Waals surface area contributed by atoms with Gasteiger partial charge in [0, 0.05) is 25.4 Å². The zero-order chi connectivity index (χ0) is 22.4. The molecule has 2 heterocycles. The smallest absolute Gasteiger partial charge is 0.357 e. The summed E-state index contributed by atoms with van der Waals surface area (Å²) < 4.78 is 8.70. The van der Waals surface area contributed by atoms with Crippen LogP contribution in [0, 0.1) is 10.1 Å². The highest BCUT2D eigenvalue weighted by Gasteiger charge is 2.26. The molecule has 0 N–H and O–H groups in total. The molecule has 2 aromatic heterocycles. The van der Waals surface area contributed by atoms with E-state index in [9.17, 15) is 19.7 Å². The number of ether oxygens (including phenoxy) is 1. The number of aromatic nitrogens is 4. The molecule has 0 aliphatic rings. The topological polar surface area (TPSA) is 114 Å². The molecule has 0 bridgehead atoms. The SMILES string of the molecule is CCCn1c(C=Cc2cnn(-c3ccccc3)c2)c([N+](=O)[O-])c(=O)n(CCOC)c1=O. The van der Waals surface area contributed by atoms with Crippen molar-refractivity contribution < 1.29 is 9.66 Å². The van der Waals surface area contributed by atoms with E-state index in [4.69, 9.17) is 4.74 Å². The summed E-state index contributed by atoms with van der Waals surface area (Å²) in [4.78, 5) is 36.6. The van der Waals surface area contributed by atoms with Crippen molar-refractivity contribution in [3.8, 4) is 5.69 Å². The molecule has 0 unspecified atom stereocenters. The fraction of sp³-hybridized carbons (Fsp3) is 0.286. The molecule has 0 radical (unpaired) electrons. The Morgan fingerprint density at radius 1 is 1.13 bits per heavy atom. The first kappa shape index (κ1) is 21.9. The van der Waals surface area contributed by atoms with Crippen molar-refractivity contribution in [2.75, 3.05) is 13.7 Å². The summed E-state index contributed by atoms with van der Waals surface area (Å²) in [5.74, 6) is 0. The van der Waals surface area contributed by atoms with E-state index < -0.39 is 21.9 Å². The zero-order valence-corrected chi connectivity index (χ0v) is 17.3. The number of benzene rings is 1. The minimum atomic E-state index is -0.945. The minimum absolute atomic E-state index is 0.0389. The molecule has 0 atom stereocenters. The predicted octanol–water partition coefficient (Wildman–Crippen LogP) is 2.33. The maximum absolute atomic E-state index is 12.9. The maximum atomic E-state index is 12.9. The van der Waals surface area contributed by atoms with Gasteiger partial charge in [0.1, 0.15) is 5.69 Å². The van der Waals surface area contributed by atoms with Gasteiger partial charge in [-0.2, -0.15) is 5.10 Å². The second kappa shape index (κ2) is 9.81. The summed E-state index contributed by atoms with van der Waals surface area (Å²) in [6.45, 7) is 2.11. The molecule has 0 aliphatic carbocycles. The van der Waals surface area contributed by atoms with Crippen LogP contribution in [-0.2, 0) is 17.8 Å². The third kappa shape index (κ3) is 4.69. The van der Waals surface area contributed by atoms with Crippen LogP contribution in [-0.4, -0.2) is 37.6 Å². The van der Waals surface area contributed by atoms with Gasteiger partial charge < -0.3 is 4.74 Å². The fourth-order valence-corrected chi connectivity index (χ4v) is 3.18. The monoisotopic (exact) mass is 425 g/mol. The Kier molecular flexibility index (Phi) is 6.93. The van der Waals surface area contributed by atoms with E-state index in [-0.39, 0.29) is 25.4 Å². The lowest BCUT2D eigenvalue weighted by Crippen LogP contribution is -2.43. The molecule has 10 nitrogen and oxygen atoms in total.